The minimum Gasteiger partial charge on any atom is -0.0885 e. The van der Waals surface area contributed by atoms with Crippen LogP contribution in [-0.4, -0.2) is 0 Å². The first-order chi connectivity index (χ1) is 7.00. The molecule has 0 saturated heterocycles. The molecule has 0 aromatic carbocycles. The monoisotopic (exact) mass is 191 g/mol. The van der Waals surface area contributed by atoms with Crippen LogP contribution in [0.5, 0.6) is 0 Å². The molecular formula is C14H23. The normalized spacial score (nSPS) is 26.3. The van der Waals surface area contributed by atoms with Gasteiger partial charge in [0, 0.05) is 0 Å². The van der Waals surface area contributed by atoms with Gasteiger partial charge in [-0.05, 0) is 38.5 Å². The molecule has 0 atom stereocenters. The second-order valence-electron chi connectivity index (χ2n) is 4.07. The SMILES string of the molecule is [CH]1/C=C/CCCCCCCC/C=C/C1. The Bertz CT molecular complexity index is 145. The Hall–Kier alpha value is -0.520. The number of allylic oxidation sites excluding steroid dienone is 4. The van der Waals surface area contributed by atoms with Gasteiger partial charge >= 0.3 is 0 Å². The van der Waals surface area contributed by atoms with Crippen molar-refractivity contribution >= 4 is 0 Å². The van der Waals surface area contributed by atoms with E-state index in [2.05, 4.69) is 30.7 Å². The van der Waals surface area contributed by atoms with E-state index in [-0.39, 0.29) is 0 Å². The summed E-state index contributed by atoms with van der Waals surface area (Å²) in [5.74, 6) is 0. The summed E-state index contributed by atoms with van der Waals surface area (Å²) in [6, 6.07) is 0. The van der Waals surface area contributed by atoms with Crippen LogP contribution in [0.4, 0.5) is 0 Å². The van der Waals surface area contributed by atoms with E-state index in [4.69, 9.17) is 0 Å². The van der Waals surface area contributed by atoms with Crippen LogP contribution in [0.2, 0.25) is 0 Å². The van der Waals surface area contributed by atoms with Gasteiger partial charge < -0.3 is 0 Å². The van der Waals surface area contributed by atoms with E-state index < -0.39 is 0 Å². The first-order valence-corrected chi connectivity index (χ1v) is 6.13. The van der Waals surface area contributed by atoms with Crippen LogP contribution in [-0.2, 0) is 0 Å². The highest BCUT2D eigenvalue weighted by molar-refractivity contribution is 4.99. The molecule has 0 aromatic heterocycles. The third-order valence-corrected chi connectivity index (χ3v) is 2.70. The van der Waals surface area contributed by atoms with Crippen molar-refractivity contribution in [1.82, 2.24) is 0 Å². The lowest BCUT2D eigenvalue weighted by Gasteiger charge is -2.00. The van der Waals surface area contributed by atoms with Crippen LogP contribution >= 0.6 is 0 Å². The summed E-state index contributed by atoms with van der Waals surface area (Å²) in [6.07, 6.45) is 23.5. The highest BCUT2D eigenvalue weighted by atomic mass is 14.0. The van der Waals surface area contributed by atoms with Crippen molar-refractivity contribution in [2.45, 2.75) is 57.8 Å². The second-order valence-corrected chi connectivity index (χ2v) is 4.07. The molecule has 0 heterocycles. The molecule has 0 saturated carbocycles. The molecule has 1 aliphatic carbocycles. The Balaban J connectivity index is 2.17. The van der Waals surface area contributed by atoms with Gasteiger partial charge in [0.1, 0.15) is 0 Å². The van der Waals surface area contributed by atoms with Crippen LogP contribution in [0, 0.1) is 6.42 Å². The van der Waals surface area contributed by atoms with Gasteiger partial charge in [-0.2, -0.15) is 0 Å². The Morgan fingerprint density at radius 3 is 2.00 bits per heavy atom. The summed E-state index contributed by atoms with van der Waals surface area (Å²) in [6.45, 7) is 0. The molecule has 0 amide bonds. The lowest BCUT2D eigenvalue weighted by molar-refractivity contribution is 0.599. The van der Waals surface area contributed by atoms with Gasteiger partial charge in [0.15, 0.2) is 0 Å². The molecule has 0 unspecified atom stereocenters. The van der Waals surface area contributed by atoms with E-state index in [1.54, 1.807) is 0 Å². The smallest absolute Gasteiger partial charge is 0.0133 e. The van der Waals surface area contributed by atoms with Gasteiger partial charge in [0.05, 0.1) is 0 Å². The van der Waals surface area contributed by atoms with Crippen molar-refractivity contribution in [3.63, 3.8) is 0 Å². The minimum atomic E-state index is 1.11. The first-order valence-electron chi connectivity index (χ1n) is 6.13. The molecule has 0 N–H and O–H groups in total. The van der Waals surface area contributed by atoms with Crippen LogP contribution in [0.1, 0.15) is 57.8 Å². The quantitative estimate of drug-likeness (QED) is 0.481. The maximum atomic E-state index is 2.33. The molecule has 1 radical (unpaired) electrons. The molecule has 0 fully saturated rings. The van der Waals surface area contributed by atoms with Crippen LogP contribution < -0.4 is 0 Å². The summed E-state index contributed by atoms with van der Waals surface area (Å²) in [7, 11) is 0. The average molecular weight is 191 g/mol. The third kappa shape index (κ3) is 6.94. The minimum absolute atomic E-state index is 1.11. The van der Waals surface area contributed by atoms with Crippen molar-refractivity contribution in [2.24, 2.45) is 0 Å². The van der Waals surface area contributed by atoms with Crippen LogP contribution in [0.3, 0.4) is 0 Å². The molecule has 1 rings (SSSR count). The standard InChI is InChI=1S/C14H23/c1-2-4-6-8-10-12-14-13-11-9-7-5-3-1/h1-3,6,8H,4-5,7,9-14H2/b3-1+,8-6+. The van der Waals surface area contributed by atoms with E-state index in [0.717, 1.165) is 6.42 Å². The van der Waals surface area contributed by atoms with Gasteiger partial charge in [-0.25, -0.2) is 0 Å². The molecule has 14 heavy (non-hydrogen) atoms. The number of rotatable bonds is 0. The van der Waals surface area contributed by atoms with E-state index in [0.29, 0.717) is 0 Å². The maximum Gasteiger partial charge on any atom is -0.0133 e. The maximum absolute atomic E-state index is 2.33. The lowest BCUT2D eigenvalue weighted by atomic mass is 10.1. The summed E-state index contributed by atoms with van der Waals surface area (Å²) in [5.41, 5.74) is 0. The summed E-state index contributed by atoms with van der Waals surface area (Å²) < 4.78 is 0. The van der Waals surface area contributed by atoms with Crippen molar-refractivity contribution in [2.75, 3.05) is 0 Å². The zero-order chi connectivity index (χ0) is 9.90. The molecule has 1 aliphatic rings. The molecule has 0 aromatic rings. The van der Waals surface area contributed by atoms with Gasteiger partial charge in [0.2, 0.25) is 0 Å². The van der Waals surface area contributed by atoms with Crippen molar-refractivity contribution < 1.29 is 0 Å². The van der Waals surface area contributed by atoms with E-state index in [1.165, 1.54) is 51.4 Å². The van der Waals surface area contributed by atoms with Crippen LogP contribution in [0.15, 0.2) is 24.3 Å². The fraction of sp³-hybridized carbons (Fsp3) is 0.643. The summed E-state index contributed by atoms with van der Waals surface area (Å²) in [5, 5.41) is 0. The van der Waals surface area contributed by atoms with Gasteiger partial charge in [0.25, 0.3) is 0 Å². The van der Waals surface area contributed by atoms with E-state index in [9.17, 15) is 0 Å². The summed E-state index contributed by atoms with van der Waals surface area (Å²) >= 11 is 0. The zero-order valence-electron chi connectivity index (χ0n) is 9.25. The Morgan fingerprint density at radius 1 is 0.571 bits per heavy atom. The molecule has 79 valence electrons. The van der Waals surface area contributed by atoms with E-state index in [1.807, 2.05) is 0 Å². The van der Waals surface area contributed by atoms with Gasteiger partial charge in [-0.1, -0.05) is 50.0 Å². The number of hydrogen-bond donors (Lipinski definition) is 0. The zero-order valence-corrected chi connectivity index (χ0v) is 9.25. The van der Waals surface area contributed by atoms with Crippen molar-refractivity contribution in [3.8, 4) is 0 Å². The largest absolute Gasteiger partial charge is 0.0885 e. The van der Waals surface area contributed by atoms with Crippen molar-refractivity contribution in [1.29, 1.82) is 0 Å². The second kappa shape index (κ2) is 9.05. The Labute approximate surface area is 89.1 Å². The predicted molar refractivity (Wildman–Crippen MR) is 64.1 cm³/mol. The molecule has 0 nitrogen and oxygen atoms in total. The third-order valence-electron chi connectivity index (χ3n) is 2.70. The molecule has 0 bridgehead atoms. The summed E-state index contributed by atoms with van der Waals surface area (Å²) in [4.78, 5) is 0. The fourth-order valence-corrected chi connectivity index (χ4v) is 1.80. The molecular weight excluding hydrogens is 168 g/mol. The Kier molecular flexibility index (Phi) is 7.47. The highest BCUT2D eigenvalue weighted by Gasteiger charge is 1.90. The molecule has 0 spiro atoms. The predicted octanol–water partition coefficient (Wildman–Crippen LogP) is 4.83. The fourth-order valence-electron chi connectivity index (χ4n) is 1.80. The lowest BCUT2D eigenvalue weighted by Crippen LogP contribution is -1.80. The number of hydrogen-bond acceptors (Lipinski definition) is 0. The average Bonchev–Trinajstić information content (AvgIpc) is 2.22. The highest BCUT2D eigenvalue weighted by Crippen LogP contribution is 2.10. The van der Waals surface area contributed by atoms with Crippen molar-refractivity contribution in [3.05, 3.63) is 30.7 Å². The first kappa shape index (κ1) is 11.6. The topological polar surface area (TPSA) is 0 Å². The molecule has 0 heteroatoms. The van der Waals surface area contributed by atoms with Gasteiger partial charge in [-0.3, -0.25) is 0 Å². The van der Waals surface area contributed by atoms with Gasteiger partial charge in [-0.15, -0.1) is 0 Å². The molecule has 0 aliphatic heterocycles. The van der Waals surface area contributed by atoms with E-state index >= 15 is 0 Å². The van der Waals surface area contributed by atoms with Crippen LogP contribution in [0.25, 0.3) is 0 Å². The Morgan fingerprint density at radius 2 is 1.21 bits per heavy atom.